The number of hydrogen-bond donors (Lipinski definition) is 1. The molecule has 5 nitrogen and oxygen atoms in total. The first kappa shape index (κ1) is 14.7. The predicted octanol–water partition coefficient (Wildman–Crippen LogP) is 1.97. The molecule has 1 amide bonds. The molecule has 1 aliphatic heterocycles. The molecule has 5 heteroatoms. The fourth-order valence-corrected chi connectivity index (χ4v) is 2.62. The molecule has 2 atom stereocenters. The fraction of sp³-hybridized carbons (Fsp3) is 0.533. The number of benzene rings is 1. The van der Waals surface area contributed by atoms with E-state index in [-0.39, 0.29) is 18.1 Å². The van der Waals surface area contributed by atoms with E-state index in [2.05, 4.69) is 0 Å². The van der Waals surface area contributed by atoms with Crippen LogP contribution in [0.4, 0.5) is 4.79 Å². The number of hydrogen-bond acceptors (Lipinski definition) is 4. The number of likely N-dealkylation sites (tertiary alicyclic amines) is 1. The SMILES string of the molecule is CCOC(=O)N1CC(N)CC(c2ccc(OC)cc2)C1. The van der Waals surface area contributed by atoms with Gasteiger partial charge in [0.1, 0.15) is 5.75 Å². The molecule has 0 radical (unpaired) electrons. The molecule has 0 spiro atoms. The number of amides is 1. The summed E-state index contributed by atoms with van der Waals surface area (Å²) in [6.45, 7) is 3.41. The molecular weight excluding hydrogens is 256 g/mol. The van der Waals surface area contributed by atoms with Crippen LogP contribution in [-0.2, 0) is 4.74 Å². The highest BCUT2D eigenvalue weighted by Gasteiger charge is 2.29. The van der Waals surface area contributed by atoms with Crippen molar-refractivity contribution in [1.29, 1.82) is 0 Å². The summed E-state index contributed by atoms with van der Waals surface area (Å²) in [5.41, 5.74) is 7.24. The second kappa shape index (κ2) is 6.61. The largest absolute Gasteiger partial charge is 0.497 e. The van der Waals surface area contributed by atoms with E-state index in [9.17, 15) is 4.79 Å². The molecule has 1 saturated heterocycles. The first-order valence-corrected chi connectivity index (χ1v) is 6.95. The van der Waals surface area contributed by atoms with Crippen LogP contribution >= 0.6 is 0 Å². The maximum absolute atomic E-state index is 11.8. The summed E-state index contributed by atoms with van der Waals surface area (Å²) in [7, 11) is 1.65. The van der Waals surface area contributed by atoms with Gasteiger partial charge in [-0.25, -0.2) is 4.79 Å². The number of methoxy groups -OCH3 is 1. The van der Waals surface area contributed by atoms with Crippen molar-refractivity contribution in [2.75, 3.05) is 26.8 Å². The van der Waals surface area contributed by atoms with E-state index in [1.165, 1.54) is 5.56 Å². The highest BCUT2D eigenvalue weighted by atomic mass is 16.6. The van der Waals surface area contributed by atoms with E-state index in [1.807, 2.05) is 31.2 Å². The molecule has 1 heterocycles. The van der Waals surface area contributed by atoms with Crippen molar-refractivity contribution in [3.63, 3.8) is 0 Å². The van der Waals surface area contributed by atoms with Gasteiger partial charge in [-0.15, -0.1) is 0 Å². The summed E-state index contributed by atoms with van der Waals surface area (Å²) in [4.78, 5) is 13.6. The van der Waals surface area contributed by atoms with Gasteiger partial charge in [-0.05, 0) is 31.0 Å². The van der Waals surface area contributed by atoms with Gasteiger partial charge in [-0.2, -0.15) is 0 Å². The molecular formula is C15H22N2O3. The minimum atomic E-state index is -0.277. The number of rotatable bonds is 3. The van der Waals surface area contributed by atoms with Gasteiger partial charge in [0.15, 0.2) is 0 Å². The summed E-state index contributed by atoms with van der Waals surface area (Å²) < 4.78 is 10.2. The van der Waals surface area contributed by atoms with Crippen molar-refractivity contribution in [2.45, 2.75) is 25.3 Å². The Labute approximate surface area is 119 Å². The van der Waals surface area contributed by atoms with Gasteiger partial charge in [0.25, 0.3) is 0 Å². The molecule has 2 rings (SSSR count). The minimum absolute atomic E-state index is 0.0137. The Kier molecular flexibility index (Phi) is 4.84. The van der Waals surface area contributed by atoms with E-state index in [0.717, 1.165) is 12.2 Å². The molecule has 1 aromatic rings. The number of carbonyl (C=O) groups excluding carboxylic acids is 1. The van der Waals surface area contributed by atoms with Crippen LogP contribution in [0.15, 0.2) is 24.3 Å². The van der Waals surface area contributed by atoms with Gasteiger partial charge in [-0.3, -0.25) is 0 Å². The maximum atomic E-state index is 11.8. The zero-order chi connectivity index (χ0) is 14.5. The number of piperidine rings is 1. The highest BCUT2D eigenvalue weighted by molar-refractivity contribution is 5.68. The van der Waals surface area contributed by atoms with E-state index in [4.69, 9.17) is 15.2 Å². The average molecular weight is 278 g/mol. The standard InChI is InChI=1S/C15H22N2O3/c1-3-20-15(18)17-9-12(8-13(16)10-17)11-4-6-14(19-2)7-5-11/h4-7,12-13H,3,8-10,16H2,1-2H3. The van der Waals surface area contributed by atoms with Crippen molar-refractivity contribution in [3.05, 3.63) is 29.8 Å². The molecule has 2 unspecified atom stereocenters. The second-order valence-corrected chi connectivity index (χ2v) is 5.07. The van der Waals surface area contributed by atoms with Crippen LogP contribution in [-0.4, -0.2) is 43.8 Å². The lowest BCUT2D eigenvalue weighted by Gasteiger charge is -2.35. The van der Waals surface area contributed by atoms with E-state index in [1.54, 1.807) is 12.0 Å². The molecule has 110 valence electrons. The van der Waals surface area contributed by atoms with Crippen LogP contribution in [0.5, 0.6) is 5.75 Å². The lowest BCUT2D eigenvalue weighted by molar-refractivity contribution is 0.0917. The fourth-order valence-electron chi connectivity index (χ4n) is 2.62. The molecule has 0 bridgehead atoms. The van der Waals surface area contributed by atoms with Gasteiger partial charge in [0.2, 0.25) is 0 Å². The Bertz CT molecular complexity index is 447. The van der Waals surface area contributed by atoms with Gasteiger partial charge >= 0.3 is 6.09 Å². The van der Waals surface area contributed by atoms with Crippen LogP contribution < -0.4 is 10.5 Å². The topological polar surface area (TPSA) is 64.8 Å². The predicted molar refractivity (Wildman–Crippen MR) is 76.9 cm³/mol. The monoisotopic (exact) mass is 278 g/mol. The van der Waals surface area contributed by atoms with Gasteiger partial charge in [0.05, 0.1) is 13.7 Å². The number of nitrogens with zero attached hydrogens (tertiary/aromatic N) is 1. The molecule has 2 N–H and O–H groups in total. The van der Waals surface area contributed by atoms with Crippen LogP contribution in [0.2, 0.25) is 0 Å². The van der Waals surface area contributed by atoms with Crippen molar-refractivity contribution < 1.29 is 14.3 Å². The Morgan fingerprint density at radius 2 is 2.05 bits per heavy atom. The van der Waals surface area contributed by atoms with Crippen LogP contribution in [0, 0.1) is 0 Å². The molecule has 1 aromatic carbocycles. The lowest BCUT2D eigenvalue weighted by Crippen LogP contribution is -2.48. The summed E-state index contributed by atoms with van der Waals surface area (Å²) in [6, 6.07) is 7.92. The molecule has 20 heavy (non-hydrogen) atoms. The van der Waals surface area contributed by atoms with Crippen molar-refractivity contribution in [3.8, 4) is 5.75 Å². The molecule has 0 saturated carbocycles. The Balaban J connectivity index is 2.08. The van der Waals surface area contributed by atoms with Crippen LogP contribution in [0.25, 0.3) is 0 Å². The van der Waals surface area contributed by atoms with E-state index in [0.29, 0.717) is 19.7 Å². The Morgan fingerprint density at radius 3 is 2.65 bits per heavy atom. The average Bonchev–Trinajstić information content (AvgIpc) is 2.47. The van der Waals surface area contributed by atoms with Crippen molar-refractivity contribution in [1.82, 2.24) is 4.90 Å². The third-order valence-corrected chi connectivity index (χ3v) is 3.60. The van der Waals surface area contributed by atoms with Crippen molar-refractivity contribution >= 4 is 6.09 Å². The van der Waals surface area contributed by atoms with Crippen molar-refractivity contribution in [2.24, 2.45) is 5.73 Å². The number of ether oxygens (including phenoxy) is 2. The van der Waals surface area contributed by atoms with E-state index >= 15 is 0 Å². The summed E-state index contributed by atoms with van der Waals surface area (Å²) in [5.74, 6) is 1.07. The minimum Gasteiger partial charge on any atom is -0.497 e. The first-order valence-electron chi connectivity index (χ1n) is 6.95. The quantitative estimate of drug-likeness (QED) is 0.918. The molecule has 0 aliphatic carbocycles. The summed E-state index contributed by atoms with van der Waals surface area (Å²) in [6.07, 6.45) is 0.601. The zero-order valence-electron chi connectivity index (χ0n) is 12.0. The summed E-state index contributed by atoms with van der Waals surface area (Å²) in [5, 5.41) is 0. The number of carbonyl (C=O) groups is 1. The van der Waals surface area contributed by atoms with Gasteiger partial charge < -0.3 is 20.1 Å². The Hall–Kier alpha value is -1.75. The van der Waals surface area contributed by atoms with E-state index < -0.39 is 0 Å². The second-order valence-electron chi connectivity index (χ2n) is 5.07. The maximum Gasteiger partial charge on any atom is 0.409 e. The lowest BCUT2D eigenvalue weighted by atomic mass is 9.88. The number of nitrogens with two attached hydrogens (primary N) is 1. The molecule has 1 fully saturated rings. The third kappa shape index (κ3) is 3.42. The summed E-state index contributed by atoms with van der Waals surface area (Å²) >= 11 is 0. The Morgan fingerprint density at radius 1 is 1.35 bits per heavy atom. The smallest absolute Gasteiger partial charge is 0.409 e. The normalized spacial score (nSPS) is 22.4. The third-order valence-electron chi connectivity index (χ3n) is 3.60. The highest BCUT2D eigenvalue weighted by Crippen LogP contribution is 2.28. The first-order chi connectivity index (χ1) is 9.63. The molecule has 0 aromatic heterocycles. The zero-order valence-corrected chi connectivity index (χ0v) is 12.0. The molecule has 1 aliphatic rings. The van der Waals surface area contributed by atoms with Gasteiger partial charge in [-0.1, -0.05) is 12.1 Å². The van der Waals surface area contributed by atoms with Crippen LogP contribution in [0.1, 0.15) is 24.8 Å². The van der Waals surface area contributed by atoms with Crippen LogP contribution in [0.3, 0.4) is 0 Å². The van der Waals surface area contributed by atoms with Gasteiger partial charge in [0, 0.05) is 25.0 Å².